The zero-order valence-corrected chi connectivity index (χ0v) is 18.4. The van der Waals surface area contributed by atoms with Crippen LogP contribution in [0.2, 0.25) is 0 Å². The van der Waals surface area contributed by atoms with Gasteiger partial charge >= 0.3 is 12.1 Å². The number of amides is 2. The molecule has 0 atom stereocenters. The van der Waals surface area contributed by atoms with Crippen molar-refractivity contribution in [2.75, 3.05) is 18.5 Å². The quantitative estimate of drug-likeness (QED) is 0.502. The molecule has 34 heavy (non-hydrogen) atoms. The number of rotatable bonds is 5. The molecule has 0 heterocycles. The molecule has 0 unspecified atom stereocenters. The van der Waals surface area contributed by atoms with Crippen molar-refractivity contribution in [3.63, 3.8) is 0 Å². The normalized spacial score (nSPS) is 11.4. The number of nitrogens with one attached hydrogen (secondary N) is 2. The van der Waals surface area contributed by atoms with Crippen molar-refractivity contribution < 1.29 is 24.2 Å². The van der Waals surface area contributed by atoms with E-state index in [2.05, 4.69) is 34.6 Å². The maximum Gasteiger partial charge on any atom is 0.407 e. The Kier molecular flexibility index (Phi) is 6.60. The van der Waals surface area contributed by atoms with Crippen LogP contribution >= 0.6 is 0 Å². The number of aryl methyl sites for hydroxylation is 1. The number of carboxylic acids is 1. The second-order valence-corrected chi connectivity index (χ2v) is 7.77. The van der Waals surface area contributed by atoms with Gasteiger partial charge in [-0.15, -0.1) is 0 Å². The fourth-order valence-corrected chi connectivity index (χ4v) is 3.93. The molecule has 0 bridgehead atoms. The molecule has 170 valence electrons. The molecular formula is C27H22N2O5. The van der Waals surface area contributed by atoms with E-state index in [1.807, 2.05) is 36.4 Å². The first-order valence-corrected chi connectivity index (χ1v) is 10.7. The minimum Gasteiger partial charge on any atom is -0.478 e. The zero-order valence-electron chi connectivity index (χ0n) is 18.4. The zero-order chi connectivity index (χ0) is 24.1. The summed E-state index contributed by atoms with van der Waals surface area (Å²) in [4.78, 5) is 35.3. The average molecular weight is 454 g/mol. The molecule has 0 saturated heterocycles. The van der Waals surface area contributed by atoms with E-state index in [-0.39, 0.29) is 24.6 Å². The number of aromatic carboxylic acids is 1. The van der Waals surface area contributed by atoms with Crippen LogP contribution in [0.1, 0.15) is 33.0 Å². The number of hydrogen-bond donors (Lipinski definition) is 3. The third-order valence-corrected chi connectivity index (χ3v) is 5.60. The molecule has 7 heteroatoms. The van der Waals surface area contributed by atoms with Crippen molar-refractivity contribution in [1.29, 1.82) is 0 Å². The van der Waals surface area contributed by atoms with Crippen LogP contribution in [-0.4, -0.2) is 36.2 Å². The topological polar surface area (TPSA) is 105 Å². The number of carboxylic acid groups (broad SMARTS) is 1. The monoisotopic (exact) mass is 454 g/mol. The van der Waals surface area contributed by atoms with Crippen molar-refractivity contribution in [3.05, 3.63) is 89.0 Å². The predicted octanol–water partition coefficient (Wildman–Crippen LogP) is 4.17. The first-order valence-electron chi connectivity index (χ1n) is 10.7. The van der Waals surface area contributed by atoms with Crippen molar-refractivity contribution in [2.45, 2.75) is 12.8 Å². The Balaban J connectivity index is 1.29. The molecule has 3 aromatic rings. The van der Waals surface area contributed by atoms with Crippen LogP contribution in [-0.2, 0) is 9.53 Å². The minimum atomic E-state index is -1.09. The summed E-state index contributed by atoms with van der Waals surface area (Å²) in [6.07, 6.45) is -0.624. The van der Waals surface area contributed by atoms with Gasteiger partial charge in [-0.2, -0.15) is 0 Å². The molecule has 0 aromatic heterocycles. The van der Waals surface area contributed by atoms with Crippen LogP contribution in [0.3, 0.4) is 0 Å². The van der Waals surface area contributed by atoms with Gasteiger partial charge in [0.05, 0.1) is 12.1 Å². The predicted molar refractivity (Wildman–Crippen MR) is 128 cm³/mol. The summed E-state index contributed by atoms with van der Waals surface area (Å²) in [7, 11) is 0. The van der Waals surface area contributed by atoms with Crippen LogP contribution in [0.5, 0.6) is 0 Å². The van der Waals surface area contributed by atoms with Crippen LogP contribution in [0.25, 0.3) is 11.1 Å². The molecule has 2 amide bonds. The number of fused-ring (bicyclic) bond motifs is 3. The van der Waals surface area contributed by atoms with Crippen LogP contribution in [0.4, 0.5) is 10.5 Å². The van der Waals surface area contributed by atoms with E-state index in [1.165, 1.54) is 12.1 Å². The molecular weight excluding hydrogens is 432 g/mol. The Labute approximate surface area is 196 Å². The van der Waals surface area contributed by atoms with E-state index >= 15 is 0 Å². The number of hydrogen-bond acceptors (Lipinski definition) is 4. The van der Waals surface area contributed by atoms with Gasteiger partial charge in [-0.05, 0) is 52.8 Å². The number of carbonyl (C=O) groups excluding carboxylic acids is 2. The average Bonchev–Trinajstić information content (AvgIpc) is 3.15. The summed E-state index contributed by atoms with van der Waals surface area (Å²) in [6, 6.07) is 20.6. The van der Waals surface area contributed by atoms with E-state index < -0.39 is 18.0 Å². The molecule has 4 rings (SSSR count). The van der Waals surface area contributed by atoms with Gasteiger partial charge in [0.25, 0.3) is 5.91 Å². The number of alkyl carbamates (subject to hydrolysis) is 1. The van der Waals surface area contributed by atoms with Gasteiger partial charge in [0.1, 0.15) is 6.61 Å². The Morgan fingerprint density at radius 2 is 1.62 bits per heavy atom. The van der Waals surface area contributed by atoms with Crippen molar-refractivity contribution >= 4 is 23.7 Å². The second-order valence-electron chi connectivity index (χ2n) is 7.77. The molecule has 0 fully saturated rings. The lowest BCUT2D eigenvalue weighted by molar-refractivity contribution is -0.111. The summed E-state index contributed by atoms with van der Waals surface area (Å²) in [5, 5.41) is 14.1. The van der Waals surface area contributed by atoms with Crippen molar-refractivity contribution in [1.82, 2.24) is 5.32 Å². The van der Waals surface area contributed by atoms with E-state index in [1.54, 1.807) is 13.0 Å². The lowest BCUT2D eigenvalue weighted by Gasteiger charge is -2.14. The first kappa shape index (κ1) is 22.6. The Bertz CT molecular complexity index is 1290. The van der Waals surface area contributed by atoms with E-state index in [0.717, 1.165) is 22.3 Å². The van der Waals surface area contributed by atoms with Crippen LogP contribution in [0.15, 0.2) is 66.7 Å². The molecule has 1 aliphatic carbocycles. The smallest absolute Gasteiger partial charge is 0.407 e. The second kappa shape index (κ2) is 9.92. The van der Waals surface area contributed by atoms with E-state index in [0.29, 0.717) is 11.3 Å². The number of ether oxygens (including phenoxy) is 1. The van der Waals surface area contributed by atoms with Gasteiger partial charge in [0, 0.05) is 11.6 Å². The standard InChI is InChI=1S/C27H22N2O5/c1-17-12-13-18(26(31)32)15-24(17)29-25(30)11-6-14-28-27(33)34-16-23-21-9-4-2-7-19(21)20-8-3-5-10-22(20)23/h2-5,7-10,12-13,15,23H,14,16H2,1H3,(H,28,33)(H,29,30)(H,31,32). The SMILES string of the molecule is Cc1ccc(C(=O)O)cc1NC(=O)C#CCNC(=O)OCC1c2ccccc2-c2ccccc21. The summed E-state index contributed by atoms with van der Waals surface area (Å²) >= 11 is 0. The Morgan fingerprint density at radius 1 is 0.971 bits per heavy atom. The van der Waals surface area contributed by atoms with E-state index in [9.17, 15) is 14.4 Å². The van der Waals surface area contributed by atoms with Gasteiger partial charge in [-0.25, -0.2) is 9.59 Å². The Hall–Kier alpha value is -4.57. The molecule has 3 aromatic carbocycles. The largest absolute Gasteiger partial charge is 0.478 e. The van der Waals surface area contributed by atoms with Crippen LogP contribution in [0, 0.1) is 18.8 Å². The third-order valence-electron chi connectivity index (χ3n) is 5.60. The highest BCUT2D eigenvalue weighted by Crippen LogP contribution is 2.44. The van der Waals surface area contributed by atoms with Gasteiger partial charge in [-0.3, -0.25) is 4.79 Å². The molecule has 0 radical (unpaired) electrons. The van der Waals surface area contributed by atoms with Crippen LogP contribution < -0.4 is 10.6 Å². The molecule has 1 aliphatic rings. The molecule has 3 N–H and O–H groups in total. The molecule has 7 nitrogen and oxygen atoms in total. The highest BCUT2D eigenvalue weighted by Gasteiger charge is 2.28. The van der Waals surface area contributed by atoms with Gasteiger partial charge in [-0.1, -0.05) is 60.5 Å². The first-order chi connectivity index (χ1) is 16.4. The van der Waals surface area contributed by atoms with Gasteiger partial charge < -0.3 is 20.5 Å². The van der Waals surface area contributed by atoms with E-state index in [4.69, 9.17) is 9.84 Å². The molecule has 0 spiro atoms. The summed E-state index contributed by atoms with van der Waals surface area (Å²) in [5.74, 6) is 3.19. The lowest BCUT2D eigenvalue weighted by atomic mass is 9.98. The fourth-order valence-electron chi connectivity index (χ4n) is 3.93. The summed E-state index contributed by atoms with van der Waals surface area (Å²) < 4.78 is 5.42. The third kappa shape index (κ3) is 4.92. The minimum absolute atomic E-state index is 0.0418. The van der Waals surface area contributed by atoms with Gasteiger partial charge in [0.15, 0.2) is 0 Å². The maximum atomic E-state index is 12.1. The Morgan fingerprint density at radius 3 is 2.26 bits per heavy atom. The fraction of sp³-hybridized carbons (Fsp3) is 0.148. The number of carbonyl (C=O) groups is 3. The molecule has 0 aliphatic heterocycles. The summed E-state index contributed by atoms with van der Waals surface area (Å²) in [6.45, 7) is 1.86. The van der Waals surface area contributed by atoms with Gasteiger partial charge in [0.2, 0.25) is 0 Å². The number of benzene rings is 3. The lowest BCUT2D eigenvalue weighted by Crippen LogP contribution is -2.26. The highest BCUT2D eigenvalue weighted by atomic mass is 16.5. The summed E-state index contributed by atoms with van der Waals surface area (Å²) in [5.41, 5.74) is 5.66. The highest BCUT2D eigenvalue weighted by molar-refractivity contribution is 6.05. The van der Waals surface area contributed by atoms with Crippen molar-refractivity contribution in [2.24, 2.45) is 0 Å². The van der Waals surface area contributed by atoms with Crippen molar-refractivity contribution in [3.8, 4) is 23.0 Å². The number of anilines is 1. The molecule has 0 saturated carbocycles. The maximum absolute atomic E-state index is 12.1.